The molecule has 1 aromatic rings. The van der Waals surface area contributed by atoms with Gasteiger partial charge in [-0.15, -0.1) is 11.6 Å². The van der Waals surface area contributed by atoms with Gasteiger partial charge in [0.25, 0.3) is 0 Å². The molecule has 102 valence electrons. The minimum atomic E-state index is -4.46. The first-order valence-electron chi connectivity index (χ1n) is 5.76. The van der Waals surface area contributed by atoms with E-state index in [-0.39, 0.29) is 6.04 Å². The van der Waals surface area contributed by atoms with Gasteiger partial charge < -0.3 is 4.90 Å². The summed E-state index contributed by atoms with van der Waals surface area (Å²) < 4.78 is 40.7. The third-order valence-electron chi connectivity index (χ3n) is 2.96. The Hall–Kier alpha value is -0.560. The Bertz CT molecular complexity index is 396. The van der Waals surface area contributed by atoms with Crippen LogP contribution in [0.2, 0.25) is 0 Å². The smallest absolute Gasteiger partial charge is 0.344 e. The molecular formula is C10H13ClF3N3S. The lowest BCUT2D eigenvalue weighted by Crippen LogP contribution is -2.29. The molecule has 8 heteroatoms. The van der Waals surface area contributed by atoms with Crippen LogP contribution in [0.1, 0.15) is 31.5 Å². The summed E-state index contributed by atoms with van der Waals surface area (Å²) in [5, 5.41) is 0.374. The van der Waals surface area contributed by atoms with Gasteiger partial charge in [-0.2, -0.15) is 22.5 Å². The fraction of sp³-hybridized carbons (Fsp3) is 0.800. The van der Waals surface area contributed by atoms with Gasteiger partial charge in [0.1, 0.15) is 0 Å². The van der Waals surface area contributed by atoms with E-state index >= 15 is 0 Å². The Labute approximate surface area is 112 Å². The van der Waals surface area contributed by atoms with E-state index in [1.54, 1.807) is 0 Å². The monoisotopic (exact) mass is 299 g/mol. The third-order valence-corrected chi connectivity index (χ3v) is 3.98. The Morgan fingerprint density at radius 3 is 2.83 bits per heavy atom. The molecular weight excluding hydrogens is 287 g/mol. The molecule has 1 saturated heterocycles. The maximum absolute atomic E-state index is 12.4. The van der Waals surface area contributed by atoms with Gasteiger partial charge in [0.05, 0.1) is 0 Å². The van der Waals surface area contributed by atoms with Crippen molar-refractivity contribution in [1.29, 1.82) is 0 Å². The van der Waals surface area contributed by atoms with Crippen LogP contribution in [-0.4, -0.2) is 27.8 Å². The number of hydrogen-bond acceptors (Lipinski definition) is 4. The lowest BCUT2D eigenvalue weighted by Gasteiger charge is -2.23. The molecule has 1 unspecified atom stereocenters. The maximum Gasteiger partial charge on any atom is 0.452 e. The van der Waals surface area contributed by atoms with Gasteiger partial charge >= 0.3 is 6.18 Å². The Kier molecular flexibility index (Phi) is 4.32. The summed E-state index contributed by atoms with van der Waals surface area (Å²) in [6.45, 7) is 0.749. The summed E-state index contributed by atoms with van der Waals surface area (Å²) in [5.74, 6) is -0.459. The van der Waals surface area contributed by atoms with Crippen molar-refractivity contribution >= 4 is 28.3 Å². The fourth-order valence-electron chi connectivity index (χ4n) is 2.15. The highest BCUT2D eigenvalue weighted by Gasteiger charge is 2.37. The van der Waals surface area contributed by atoms with E-state index in [9.17, 15) is 13.2 Å². The van der Waals surface area contributed by atoms with Crippen LogP contribution in [0, 0.1) is 0 Å². The molecule has 0 radical (unpaired) electrons. The van der Waals surface area contributed by atoms with Crippen LogP contribution < -0.4 is 4.90 Å². The molecule has 1 fully saturated rings. The van der Waals surface area contributed by atoms with Crippen molar-refractivity contribution < 1.29 is 13.2 Å². The van der Waals surface area contributed by atoms with Crippen molar-refractivity contribution in [1.82, 2.24) is 9.36 Å². The molecule has 0 bridgehead atoms. The summed E-state index contributed by atoms with van der Waals surface area (Å²) in [5.41, 5.74) is 0. The van der Waals surface area contributed by atoms with Crippen LogP contribution in [0.25, 0.3) is 0 Å². The molecule has 2 heterocycles. The molecule has 1 aliphatic rings. The second-order valence-corrected chi connectivity index (χ2v) is 5.33. The van der Waals surface area contributed by atoms with Crippen molar-refractivity contribution in [3.8, 4) is 0 Å². The van der Waals surface area contributed by atoms with E-state index in [0.29, 0.717) is 11.0 Å². The molecule has 0 amide bonds. The molecule has 0 spiro atoms. The highest BCUT2D eigenvalue weighted by Crippen LogP contribution is 2.33. The topological polar surface area (TPSA) is 29.0 Å². The maximum atomic E-state index is 12.4. The summed E-state index contributed by atoms with van der Waals surface area (Å²) in [7, 11) is 0. The standard InChI is InChI=1S/C10H13ClF3N3S/c11-5-1-3-7-4-2-6-17(7)9-15-8(16-18-9)10(12,13)14/h7H,1-6H2. The van der Waals surface area contributed by atoms with Gasteiger partial charge in [-0.3, -0.25) is 0 Å². The summed E-state index contributed by atoms with van der Waals surface area (Å²) in [4.78, 5) is 5.53. The molecule has 3 nitrogen and oxygen atoms in total. The van der Waals surface area contributed by atoms with Gasteiger partial charge in [-0.1, -0.05) is 0 Å². The SMILES string of the molecule is FC(F)(F)c1nsc(N2CCCC2CCCCl)n1. The van der Waals surface area contributed by atoms with E-state index < -0.39 is 12.0 Å². The molecule has 0 N–H and O–H groups in total. The molecule has 2 rings (SSSR count). The molecule has 1 aromatic heterocycles. The van der Waals surface area contributed by atoms with Crippen LogP contribution >= 0.6 is 23.1 Å². The average molecular weight is 300 g/mol. The predicted molar refractivity (Wildman–Crippen MR) is 65.2 cm³/mol. The quantitative estimate of drug-likeness (QED) is 0.796. The number of rotatable bonds is 4. The number of nitrogens with zero attached hydrogens (tertiary/aromatic N) is 3. The van der Waals surface area contributed by atoms with Gasteiger partial charge in [-0.25, -0.2) is 0 Å². The number of anilines is 1. The zero-order valence-corrected chi connectivity index (χ0v) is 11.2. The zero-order chi connectivity index (χ0) is 13.2. The summed E-state index contributed by atoms with van der Waals surface area (Å²) >= 11 is 6.47. The van der Waals surface area contributed by atoms with Crippen LogP contribution in [0.4, 0.5) is 18.3 Å². The lowest BCUT2D eigenvalue weighted by atomic mass is 10.1. The summed E-state index contributed by atoms with van der Waals surface area (Å²) in [6, 6.07) is 0.248. The minimum absolute atomic E-state index is 0.248. The molecule has 1 atom stereocenters. The number of halogens is 4. The Balaban J connectivity index is 2.08. The summed E-state index contributed by atoms with van der Waals surface area (Å²) in [6.07, 6.45) is -0.732. The zero-order valence-electron chi connectivity index (χ0n) is 9.58. The predicted octanol–water partition coefficient (Wildman–Crippen LogP) is 3.54. The highest BCUT2D eigenvalue weighted by molar-refractivity contribution is 7.09. The second-order valence-electron chi connectivity index (χ2n) is 4.22. The van der Waals surface area contributed by atoms with E-state index in [1.165, 1.54) is 0 Å². The highest BCUT2D eigenvalue weighted by atomic mass is 35.5. The van der Waals surface area contributed by atoms with Crippen molar-refractivity contribution in [3.05, 3.63) is 5.82 Å². The normalized spacial score (nSPS) is 20.7. The van der Waals surface area contributed by atoms with Gasteiger partial charge in [0.2, 0.25) is 11.0 Å². The van der Waals surface area contributed by atoms with Crippen LogP contribution in [0.5, 0.6) is 0 Å². The van der Waals surface area contributed by atoms with E-state index in [0.717, 1.165) is 43.8 Å². The Morgan fingerprint density at radius 1 is 1.44 bits per heavy atom. The lowest BCUT2D eigenvalue weighted by molar-refractivity contribution is -0.144. The number of hydrogen-bond donors (Lipinski definition) is 0. The fourth-order valence-corrected chi connectivity index (χ4v) is 3.09. The third kappa shape index (κ3) is 3.06. The first-order chi connectivity index (χ1) is 8.52. The van der Waals surface area contributed by atoms with Gasteiger partial charge in [-0.05, 0) is 25.7 Å². The van der Waals surface area contributed by atoms with Crippen LogP contribution in [0.15, 0.2) is 0 Å². The van der Waals surface area contributed by atoms with E-state index in [4.69, 9.17) is 11.6 Å². The minimum Gasteiger partial charge on any atom is -0.344 e. The molecule has 0 aromatic carbocycles. The first-order valence-corrected chi connectivity index (χ1v) is 7.06. The van der Waals surface area contributed by atoms with Crippen molar-refractivity contribution in [3.63, 3.8) is 0 Å². The van der Waals surface area contributed by atoms with E-state index in [1.807, 2.05) is 4.90 Å². The van der Waals surface area contributed by atoms with Crippen molar-refractivity contribution in [2.75, 3.05) is 17.3 Å². The van der Waals surface area contributed by atoms with Crippen molar-refractivity contribution in [2.24, 2.45) is 0 Å². The first kappa shape index (κ1) is 13.9. The van der Waals surface area contributed by atoms with Crippen LogP contribution in [0.3, 0.4) is 0 Å². The van der Waals surface area contributed by atoms with Gasteiger partial charge in [0.15, 0.2) is 0 Å². The number of aromatic nitrogens is 2. The largest absolute Gasteiger partial charge is 0.452 e. The van der Waals surface area contributed by atoms with Crippen molar-refractivity contribution in [2.45, 2.75) is 37.9 Å². The van der Waals surface area contributed by atoms with Gasteiger partial charge in [0, 0.05) is 30.0 Å². The molecule has 18 heavy (non-hydrogen) atoms. The molecule has 0 saturated carbocycles. The van der Waals surface area contributed by atoms with Crippen LogP contribution in [-0.2, 0) is 6.18 Å². The number of alkyl halides is 4. The second kappa shape index (κ2) is 5.61. The van der Waals surface area contributed by atoms with E-state index in [2.05, 4.69) is 9.36 Å². The average Bonchev–Trinajstić information content (AvgIpc) is 2.93. The molecule has 0 aliphatic carbocycles. The molecule has 1 aliphatic heterocycles. The Morgan fingerprint density at radius 2 is 2.22 bits per heavy atom.